The minimum Gasteiger partial charge on any atom is -0.390 e. The van der Waals surface area contributed by atoms with Crippen molar-refractivity contribution in [1.29, 1.82) is 0 Å². The molecular formula is C24H27Cl2NO. The SMILES string of the molecule is Cl.O[C@H](CCl)[C@H](Cc1ccccc1)N(Cc1ccccc1)Cc1ccccc1. The maximum Gasteiger partial charge on any atom is 0.0833 e. The van der Waals surface area contributed by atoms with Crippen molar-refractivity contribution in [2.45, 2.75) is 31.7 Å². The fraction of sp³-hybridized carbons (Fsp3) is 0.250. The molecule has 4 heteroatoms. The molecular weight excluding hydrogens is 389 g/mol. The second-order valence-corrected chi connectivity index (χ2v) is 7.16. The first kappa shape index (κ1) is 22.4. The van der Waals surface area contributed by atoms with E-state index in [2.05, 4.69) is 65.6 Å². The Labute approximate surface area is 179 Å². The van der Waals surface area contributed by atoms with Gasteiger partial charge in [-0.15, -0.1) is 24.0 Å². The largest absolute Gasteiger partial charge is 0.390 e. The fourth-order valence-corrected chi connectivity index (χ4v) is 3.60. The lowest BCUT2D eigenvalue weighted by atomic mass is 9.99. The summed E-state index contributed by atoms with van der Waals surface area (Å²) in [4.78, 5) is 2.34. The molecule has 0 spiro atoms. The lowest BCUT2D eigenvalue weighted by Gasteiger charge is -2.35. The van der Waals surface area contributed by atoms with Gasteiger partial charge in [0.05, 0.1) is 6.10 Å². The molecule has 3 aromatic rings. The van der Waals surface area contributed by atoms with E-state index < -0.39 is 6.10 Å². The van der Waals surface area contributed by atoms with E-state index in [1.165, 1.54) is 16.7 Å². The normalized spacial score (nSPS) is 13.0. The molecule has 1 N–H and O–H groups in total. The lowest BCUT2D eigenvalue weighted by Crippen LogP contribution is -2.45. The number of hydrogen-bond acceptors (Lipinski definition) is 2. The standard InChI is InChI=1S/C24H26ClNO.ClH/c25-17-24(27)23(16-20-10-4-1-5-11-20)26(18-21-12-6-2-7-13-21)19-22-14-8-3-9-15-22;/h1-15,23-24,27H,16-19H2;1H/t23-,24+;/m0./s1. The summed E-state index contributed by atoms with van der Waals surface area (Å²) < 4.78 is 0. The van der Waals surface area contributed by atoms with E-state index in [1.807, 2.05) is 30.3 Å². The van der Waals surface area contributed by atoms with Gasteiger partial charge in [-0.3, -0.25) is 4.90 Å². The number of halogens is 2. The molecule has 2 atom stereocenters. The number of benzene rings is 3. The van der Waals surface area contributed by atoms with Crippen LogP contribution in [-0.4, -0.2) is 28.0 Å². The summed E-state index contributed by atoms with van der Waals surface area (Å²) in [6, 6.07) is 31.0. The van der Waals surface area contributed by atoms with Gasteiger partial charge in [0.2, 0.25) is 0 Å². The quantitative estimate of drug-likeness (QED) is 0.477. The van der Waals surface area contributed by atoms with Gasteiger partial charge in [-0.1, -0.05) is 91.0 Å². The highest BCUT2D eigenvalue weighted by Gasteiger charge is 2.26. The Morgan fingerprint density at radius 1 is 0.679 bits per heavy atom. The molecule has 0 heterocycles. The summed E-state index contributed by atoms with van der Waals surface area (Å²) in [5.74, 6) is 0.220. The van der Waals surface area contributed by atoms with E-state index in [-0.39, 0.29) is 24.3 Å². The minimum atomic E-state index is -0.598. The van der Waals surface area contributed by atoms with Crippen LogP contribution in [0.25, 0.3) is 0 Å². The highest BCUT2D eigenvalue weighted by atomic mass is 35.5. The first-order chi connectivity index (χ1) is 13.3. The summed E-state index contributed by atoms with van der Waals surface area (Å²) in [6.07, 6.45) is 0.160. The van der Waals surface area contributed by atoms with Crippen LogP contribution in [0, 0.1) is 0 Å². The van der Waals surface area contributed by atoms with Crippen molar-refractivity contribution < 1.29 is 5.11 Å². The first-order valence-electron chi connectivity index (χ1n) is 9.36. The molecule has 3 rings (SSSR count). The van der Waals surface area contributed by atoms with Crippen LogP contribution in [0.1, 0.15) is 16.7 Å². The average Bonchev–Trinajstić information content (AvgIpc) is 2.73. The van der Waals surface area contributed by atoms with Crippen molar-refractivity contribution in [3.63, 3.8) is 0 Å². The van der Waals surface area contributed by atoms with E-state index >= 15 is 0 Å². The molecule has 28 heavy (non-hydrogen) atoms. The Morgan fingerprint density at radius 3 is 1.46 bits per heavy atom. The summed E-state index contributed by atoms with van der Waals surface area (Å²) in [5, 5.41) is 10.7. The number of aliphatic hydroxyl groups excluding tert-OH is 1. The fourth-order valence-electron chi connectivity index (χ4n) is 3.39. The Balaban J connectivity index is 0.00000280. The second-order valence-electron chi connectivity index (χ2n) is 6.85. The summed E-state index contributed by atoms with van der Waals surface area (Å²) in [5.41, 5.74) is 3.67. The molecule has 0 amide bonds. The highest BCUT2D eigenvalue weighted by Crippen LogP contribution is 2.20. The van der Waals surface area contributed by atoms with Crippen molar-refractivity contribution >= 4 is 24.0 Å². The van der Waals surface area contributed by atoms with Gasteiger partial charge >= 0.3 is 0 Å². The molecule has 0 fully saturated rings. The number of hydrogen-bond donors (Lipinski definition) is 1. The zero-order valence-electron chi connectivity index (χ0n) is 15.8. The Kier molecular flexibility index (Phi) is 9.52. The van der Waals surface area contributed by atoms with Crippen LogP contribution < -0.4 is 0 Å². The van der Waals surface area contributed by atoms with Crippen LogP contribution in [0.3, 0.4) is 0 Å². The van der Waals surface area contributed by atoms with Gasteiger partial charge in [0, 0.05) is 25.0 Å². The number of alkyl halides is 1. The van der Waals surface area contributed by atoms with Crippen molar-refractivity contribution in [3.8, 4) is 0 Å². The Hall–Kier alpha value is -1.84. The third-order valence-electron chi connectivity index (χ3n) is 4.82. The first-order valence-corrected chi connectivity index (χ1v) is 9.89. The summed E-state index contributed by atoms with van der Waals surface area (Å²) >= 11 is 6.09. The van der Waals surface area contributed by atoms with Crippen molar-refractivity contribution in [2.24, 2.45) is 0 Å². The van der Waals surface area contributed by atoms with Crippen LogP contribution in [0.4, 0.5) is 0 Å². The van der Waals surface area contributed by atoms with E-state index in [1.54, 1.807) is 0 Å². The molecule has 0 unspecified atom stereocenters. The molecule has 0 aliphatic rings. The van der Waals surface area contributed by atoms with Gasteiger partial charge in [0.15, 0.2) is 0 Å². The predicted molar refractivity (Wildman–Crippen MR) is 120 cm³/mol. The number of aliphatic hydroxyl groups is 1. The molecule has 148 valence electrons. The van der Waals surface area contributed by atoms with E-state index in [0.717, 1.165) is 19.5 Å². The highest BCUT2D eigenvalue weighted by molar-refractivity contribution is 6.18. The van der Waals surface area contributed by atoms with Gasteiger partial charge in [-0.25, -0.2) is 0 Å². The molecule has 3 aromatic carbocycles. The molecule has 0 saturated carbocycles. The molecule has 0 radical (unpaired) electrons. The third kappa shape index (κ3) is 6.65. The maximum absolute atomic E-state index is 10.7. The van der Waals surface area contributed by atoms with Crippen molar-refractivity contribution in [1.82, 2.24) is 4.90 Å². The van der Waals surface area contributed by atoms with E-state index in [0.29, 0.717) is 0 Å². The van der Waals surface area contributed by atoms with Gasteiger partial charge < -0.3 is 5.11 Å². The average molecular weight is 416 g/mol. The third-order valence-corrected chi connectivity index (χ3v) is 5.13. The predicted octanol–water partition coefficient (Wildman–Crippen LogP) is 5.32. The van der Waals surface area contributed by atoms with E-state index in [9.17, 15) is 5.11 Å². The monoisotopic (exact) mass is 415 g/mol. The molecule has 0 aliphatic carbocycles. The number of nitrogens with zero attached hydrogens (tertiary/aromatic N) is 1. The van der Waals surface area contributed by atoms with Crippen molar-refractivity contribution in [2.75, 3.05) is 5.88 Å². The van der Waals surface area contributed by atoms with Crippen molar-refractivity contribution in [3.05, 3.63) is 108 Å². The van der Waals surface area contributed by atoms with Crippen LogP contribution >= 0.6 is 24.0 Å². The Morgan fingerprint density at radius 2 is 1.07 bits per heavy atom. The molecule has 0 saturated heterocycles. The van der Waals surface area contributed by atoms with Crippen LogP contribution in [0.2, 0.25) is 0 Å². The van der Waals surface area contributed by atoms with Gasteiger partial charge in [-0.05, 0) is 23.1 Å². The summed E-state index contributed by atoms with van der Waals surface area (Å²) in [7, 11) is 0. The van der Waals surface area contributed by atoms with E-state index in [4.69, 9.17) is 11.6 Å². The minimum absolute atomic E-state index is 0. The topological polar surface area (TPSA) is 23.5 Å². The van der Waals surface area contributed by atoms with Crippen LogP contribution in [0.15, 0.2) is 91.0 Å². The number of rotatable bonds is 9. The van der Waals surface area contributed by atoms with Gasteiger partial charge in [-0.2, -0.15) is 0 Å². The van der Waals surface area contributed by atoms with Crippen LogP contribution in [-0.2, 0) is 19.5 Å². The molecule has 0 aliphatic heterocycles. The van der Waals surface area contributed by atoms with Crippen LogP contribution in [0.5, 0.6) is 0 Å². The Bertz CT molecular complexity index is 742. The maximum atomic E-state index is 10.7. The second kappa shape index (κ2) is 11.9. The zero-order valence-corrected chi connectivity index (χ0v) is 17.4. The van der Waals surface area contributed by atoms with Gasteiger partial charge in [0.25, 0.3) is 0 Å². The molecule has 0 bridgehead atoms. The molecule has 0 aromatic heterocycles. The summed E-state index contributed by atoms with van der Waals surface area (Å²) in [6.45, 7) is 1.53. The molecule has 2 nitrogen and oxygen atoms in total. The smallest absolute Gasteiger partial charge is 0.0833 e. The van der Waals surface area contributed by atoms with Gasteiger partial charge in [0.1, 0.15) is 0 Å². The zero-order chi connectivity index (χ0) is 18.9. The lowest BCUT2D eigenvalue weighted by molar-refractivity contribution is 0.0526.